The molecule has 2 unspecified atom stereocenters. The van der Waals surface area contributed by atoms with E-state index in [1.54, 1.807) is 7.11 Å². The number of benzene rings is 1. The standard InChI is InChI=1S/C17H26N2O3/c1-17(18)9-4-3-8-15(17)16(20)19-13-6-5-7-14(12-13)22-11-10-21-2/h5-7,12,15H,3-4,8-11,18H2,1-2H3,(H,19,20). The molecule has 122 valence electrons. The Labute approximate surface area is 132 Å². The van der Waals surface area contributed by atoms with E-state index in [9.17, 15) is 4.79 Å². The van der Waals surface area contributed by atoms with Gasteiger partial charge in [0.25, 0.3) is 0 Å². The topological polar surface area (TPSA) is 73.6 Å². The number of carbonyl (C=O) groups excluding carboxylic acids is 1. The molecule has 0 aromatic heterocycles. The summed E-state index contributed by atoms with van der Waals surface area (Å²) in [6, 6.07) is 7.40. The largest absolute Gasteiger partial charge is 0.491 e. The van der Waals surface area contributed by atoms with Crippen LogP contribution in [-0.4, -0.2) is 31.8 Å². The SMILES string of the molecule is COCCOc1cccc(NC(=O)C2CCCCC2(C)N)c1. The van der Waals surface area contributed by atoms with Gasteiger partial charge in [-0.05, 0) is 31.9 Å². The Balaban J connectivity index is 1.97. The van der Waals surface area contributed by atoms with Crippen LogP contribution in [0.25, 0.3) is 0 Å². The van der Waals surface area contributed by atoms with Gasteiger partial charge < -0.3 is 20.5 Å². The Morgan fingerprint density at radius 1 is 1.41 bits per heavy atom. The molecule has 5 nitrogen and oxygen atoms in total. The van der Waals surface area contributed by atoms with Crippen LogP contribution < -0.4 is 15.8 Å². The first-order valence-electron chi connectivity index (χ1n) is 7.84. The molecule has 2 atom stereocenters. The smallest absolute Gasteiger partial charge is 0.229 e. The summed E-state index contributed by atoms with van der Waals surface area (Å²) >= 11 is 0. The van der Waals surface area contributed by atoms with Crippen LogP contribution in [-0.2, 0) is 9.53 Å². The second kappa shape index (κ2) is 7.61. The van der Waals surface area contributed by atoms with E-state index in [4.69, 9.17) is 15.2 Å². The van der Waals surface area contributed by atoms with E-state index in [1.165, 1.54) is 0 Å². The maximum atomic E-state index is 12.5. The number of hydrogen-bond donors (Lipinski definition) is 2. The molecule has 1 aliphatic rings. The Kier molecular flexibility index (Phi) is 5.80. The van der Waals surface area contributed by atoms with E-state index in [2.05, 4.69) is 5.32 Å². The van der Waals surface area contributed by atoms with Crippen LogP contribution >= 0.6 is 0 Å². The number of ether oxygens (including phenoxy) is 2. The monoisotopic (exact) mass is 306 g/mol. The van der Waals surface area contributed by atoms with Gasteiger partial charge in [0.15, 0.2) is 0 Å². The maximum absolute atomic E-state index is 12.5. The number of carbonyl (C=O) groups is 1. The summed E-state index contributed by atoms with van der Waals surface area (Å²) in [5, 5.41) is 2.97. The Morgan fingerprint density at radius 3 is 2.95 bits per heavy atom. The highest BCUT2D eigenvalue weighted by molar-refractivity contribution is 5.93. The van der Waals surface area contributed by atoms with Crippen LogP contribution in [0.1, 0.15) is 32.6 Å². The van der Waals surface area contributed by atoms with Crippen LogP contribution in [0.3, 0.4) is 0 Å². The second-order valence-corrected chi connectivity index (χ2v) is 6.16. The first-order chi connectivity index (χ1) is 10.5. The van der Waals surface area contributed by atoms with Crippen molar-refractivity contribution in [1.29, 1.82) is 0 Å². The van der Waals surface area contributed by atoms with Crippen molar-refractivity contribution >= 4 is 11.6 Å². The molecule has 0 heterocycles. The summed E-state index contributed by atoms with van der Waals surface area (Å²) in [5.74, 6) is 0.576. The summed E-state index contributed by atoms with van der Waals surface area (Å²) in [6.45, 7) is 2.99. The molecule has 2 rings (SSSR count). The molecule has 1 aromatic rings. The van der Waals surface area contributed by atoms with Crippen molar-refractivity contribution in [3.8, 4) is 5.75 Å². The predicted molar refractivity (Wildman–Crippen MR) is 87.0 cm³/mol. The van der Waals surface area contributed by atoms with Gasteiger partial charge in [0.05, 0.1) is 12.5 Å². The van der Waals surface area contributed by atoms with Gasteiger partial charge in [-0.25, -0.2) is 0 Å². The molecule has 0 bridgehead atoms. The highest BCUT2D eigenvalue weighted by atomic mass is 16.5. The number of hydrogen-bond acceptors (Lipinski definition) is 4. The molecule has 3 N–H and O–H groups in total. The van der Waals surface area contributed by atoms with Crippen LogP contribution in [0.4, 0.5) is 5.69 Å². The van der Waals surface area contributed by atoms with Gasteiger partial charge in [-0.15, -0.1) is 0 Å². The molecule has 22 heavy (non-hydrogen) atoms. The first-order valence-corrected chi connectivity index (χ1v) is 7.84. The van der Waals surface area contributed by atoms with Crippen molar-refractivity contribution in [3.63, 3.8) is 0 Å². The van der Waals surface area contributed by atoms with E-state index in [0.29, 0.717) is 19.0 Å². The second-order valence-electron chi connectivity index (χ2n) is 6.16. The van der Waals surface area contributed by atoms with Crippen molar-refractivity contribution in [2.45, 2.75) is 38.1 Å². The molecule has 0 radical (unpaired) electrons. The van der Waals surface area contributed by atoms with Crippen molar-refractivity contribution in [2.75, 3.05) is 25.6 Å². The maximum Gasteiger partial charge on any atom is 0.229 e. The summed E-state index contributed by atoms with van der Waals surface area (Å²) < 4.78 is 10.5. The lowest BCUT2D eigenvalue weighted by atomic mass is 9.74. The predicted octanol–water partition coefficient (Wildman–Crippen LogP) is 2.56. The molecule has 0 aliphatic heterocycles. The van der Waals surface area contributed by atoms with E-state index >= 15 is 0 Å². The Bertz CT molecular complexity index is 502. The number of anilines is 1. The van der Waals surface area contributed by atoms with Gasteiger partial charge in [-0.3, -0.25) is 4.79 Å². The Hall–Kier alpha value is -1.59. The van der Waals surface area contributed by atoms with Crippen molar-refractivity contribution in [2.24, 2.45) is 11.7 Å². The van der Waals surface area contributed by atoms with Gasteiger partial charge in [0.2, 0.25) is 5.91 Å². The third-order valence-electron chi connectivity index (χ3n) is 4.23. The minimum atomic E-state index is -0.422. The third kappa shape index (κ3) is 4.45. The van der Waals surface area contributed by atoms with E-state index in [-0.39, 0.29) is 11.8 Å². The fourth-order valence-electron chi connectivity index (χ4n) is 2.92. The highest BCUT2D eigenvalue weighted by Crippen LogP contribution is 2.32. The lowest BCUT2D eigenvalue weighted by Crippen LogP contribution is -2.51. The van der Waals surface area contributed by atoms with Gasteiger partial charge in [0.1, 0.15) is 12.4 Å². The summed E-state index contributed by atoms with van der Waals surface area (Å²) in [5.41, 5.74) is 6.60. The quantitative estimate of drug-likeness (QED) is 0.792. The molecular weight excluding hydrogens is 280 g/mol. The highest BCUT2D eigenvalue weighted by Gasteiger charge is 2.37. The van der Waals surface area contributed by atoms with Gasteiger partial charge in [-0.1, -0.05) is 18.9 Å². The number of nitrogens with one attached hydrogen (secondary N) is 1. The average molecular weight is 306 g/mol. The van der Waals surface area contributed by atoms with Crippen LogP contribution in [0.15, 0.2) is 24.3 Å². The molecule has 0 spiro atoms. The van der Waals surface area contributed by atoms with E-state index in [1.807, 2.05) is 31.2 Å². The lowest BCUT2D eigenvalue weighted by molar-refractivity contribution is -0.122. The van der Waals surface area contributed by atoms with Crippen LogP contribution in [0.2, 0.25) is 0 Å². The van der Waals surface area contributed by atoms with Crippen LogP contribution in [0.5, 0.6) is 5.75 Å². The van der Waals surface area contributed by atoms with Gasteiger partial charge in [0, 0.05) is 24.4 Å². The normalized spacial score (nSPS) is 24.8. The molecule has 1 saturated carbocycles. The van der Waals surface area contributed by atoms with Gasteiger partial charge >= 0.3 is 0 Å². The molecule has 0 saturated heterocycles. The Morgan fingerprint density at radius 2 is 2.23 bits per heavy atom. The van der Waals surface area contributed by atoms with Crippen molar-refractivity contribution < 1.29 is 14.3 Å². The molecule has 1 fully saturated rings. The fourth-order valence-corrected chi connectivity index (χ4v) is 2.92. The number of methoxy groups -OCH3 is 1. The number of amides is 1. The number of rotatable bonds is 6. The zero-order valence-corrected chi connectivity index (χ0v) is 13.4. The molecule has 1 aliphatic carbocycles. The fraction of sp³-hybridized carbons (Fsp3) is 0.588. The minimum absolute atomic E-state index is 0.00117. The zero-order valence-electron chi connectivity index (χ0n) is 13.4. The lowest BCUT2D eigenvalue weighted by Gasteiger charge is -2.37. The molecule has 1 amide bonds. The summed E-state index contributed by atoms with van der Waals surface area (Å²) in [7, 11) is 1.63. The number of nitrogens with two attached hydrogens (primary N) is 1. The van der Waals surface area contributed by atoms with Crippen LogP contribution in [0, 0.1) is 5.92 Å². The minimum Gasteiger partial charge on any atom is -0.491 e. The molecule has 1 aromatic carbocycles. The summed E-state index contributed by atoms with van der Waals surface area (Å²) in [6.07, 6.45) is 3.90. The molecular formula is C17H26N2O3. The van der Waals surface area contributed by atoms with E-state index in [0.717, 1.165) is 31.4 Å². The zero-order chi connectivity index (χ0) is 16.0. The van der Waals surface area contributed by atoms with Crippen molar-refractivity contribution in [1.82, 2.24) is 0 Å². The molecule has 5 heteroatoms. The van der Waals surface area contributed by atoms with Gasteiger partial charge in [-0.2, -0.15) is 0 Å². The van der Waals surface area contributed by atoms with E-state index < -0.39 is 5.54 Å². The van der Waals surface area contributed by atoms with Crippen molar-refractivity contribution in [3.05, 3.63) is 24.3 Å². The third-order valence-corrected chi connectivity index (χ3v) is 4.23. The first kappa shape index (κ1) is 16.8. The summed E-state index contributed by atoms with van der Waals surface area (Å²) in [4.78, 5) is 12.5. The average Bonchev–Trinajstić information content (AvgIpc) is 2.47.